The molecular weight excluding hydrogens is 714 g/mol. The summed E-state index contributed by atoms with van der Waals surface area (Å²) in [4.78, 5) is 16.2. The number of aliphatic hydroxyl groups excluding tert-OH is 1. The molecule has 0 unspecified atom stereocenters. The summed E-state index contributed by atoms with van der Waals surface area (Å²) >= 11 is 0. The zero-order valence-corrected chi connectivity index (χ0v) is 29.3. The molecule has 1 heterocycles. The van der Waals surface area contributed by atoms with Crippen LogP contribution in [0.25, 0.3) is 32.8 Å². The van der Waals surface area contributed by atoms with Crippen LogP contribution < -0.4 is 0 Å². The van der Waals surface area contributed by atoms with Gasteiger partial charge in [-0.3, -0.25) is 4.79 Å². The number of rotatable bonds is 10. The van der Waals surface area contributed by atoms with Gasteiger partial charge in [0, 0.05) is 43.4 Å². The third kappa shape index (κ3) is 8.83. The summed E-state index contributed by atoms with van der Waals surface area (Å²) in [5, 5.41) is 13.2. The number of nitrogens with zero attached hydrogens (tertiary/aromatic N) is 1. The van der Waals surface area contributed by atoms with Crippen molar-refractivity contribution >= 4 is 27.3 Å². The zero-order chi connectivity index (χ0) is 31.0. The van der Waals surface area contributed by atoms with E-state index in [1.54, 1.807) is 0 Å². The molecule has 0 saturated heterocycles. The van der Waals surface area contributed by atoms with Crippen LogP contribution in [-0.2, 0) is 24.9 Å². The first-order chi connectivity index (χ1) is 20.1. The Morgan fingerprint density at radius 3 is 2.09 bits per heavy atom. The van der Waals surface area contributed by atoms with E-state index in [4.69, 9.17) is 0 Å². The summed E-state index contributed by atoms with van der Waals surface area (Å²) in [6.45, 7) is 16.8. The van der Waals surface area contributed by atoms with Gasteiger partial charge in [-0.15, -0.1) is 34.9 Å². The van der Waals surface area contributed by atoms with Crippen molar-refractivity contribution in [1.29, 1.82) is 0 Å². The number of halogens is 1. The number of fused-ring (bicyclic) bond motifs is 3. The van der Waals surface area contributed by atoms with Crippen LogP contribution in [0.2, 0.25) is 0 Å². The quantitative estimate of drug-likeness (QED) is 0.0758. The molecule has 0 saturated carbocycles. The second kappa shape index (κ2) is 16.8. The van der Waals surface area contributed by atoms with Crippen molar-refractivity contribution in [2.24, 2.45) is 11.8 Å². The van der Waals surface area contributed by atoms with Crippen LogP contribution in [0.3, 0.4) is 0 Å². The number of hydrogen-bond donors (Lipinski definition) is 1. The fourth-order valence-electron chi connectivity index (χ4n) is 5.36. The molecule has 5 heteroatoms. The summed E-state index contributed by atoms with van der Waals surface area (Å²) in [7, 11) is 0. The maximum Gasteiger partial charge on any atom is 0.162 e. The van der Waals surface area contributed by atoms with Gasteiger partial charge in [-0.05, 0) is 59.4 Å². The van der Waals surface area contributed by atoms with Gasteiger partial charge in [-0.1, -0.05) is 91.8 Å². The second-order valence-corrected chi connectivity index (χ2v) is 11.8. The van der Waals surface area contributed by atoms with Gasteiger partial charge in [-0.2, -0.15) is 0 Å². The first-order valence-electron chi connectivity index (χ1n) is 15.5. The number of hydrogen-bond acceptors (Lipinski definition) is 3. The van der Waals surface area contributed by atoms with Gasteiger partial charge in [0.1, 0.15) is 5.82 Å². The van der Waals surface area contributed by atoms with Crippen molar-refractivity contribution in [2.45, 2.75) is 92.9 Å². The molecule has 233 valence electrons. The largest absolute Gasteiger partial charge is 0.512 e. The molecule has 1 N–H and O–H groups in total. The third-order valence-electron chi connectivity index (χ3n) is 8.27. The Kier molecular flexibility index (Phi) is 14.2. The van der Waals surface area contributed by atoms with E-state index in [1.165, 1.54) is 17.8 Å². The summed E-state index contributed by atoms with van der Waals surface area (Å²) in [5.74, 6) is 1.04. The topological polar surface area (TPSA) is 50.2 Å². The second-order valence-electron chi connectivity index (χ2n) is 11.8. The van der Waals surface area contributed by atoms with E-state index in [-0.39, 0.29) is 49.3 Å². The van der Waals surface area contributed by atoms with Crippen LogP contribution in [0.5, 0.6) is 0 Å². The van der Waals surface area contributed by atoms with E-state index in [1.807, 2.05) is 64.1 Å². The summed E-state index contributed by atoms with van der Waals surface area (Å²) < 4.78 is 14.8. The number of aliphatic hydroxyl groups is 1. The van der Waals surface area contributed by atoms with Crippen molar-refractivity contribution in [2.75, 3.05) is 0 Å². The average Bonchev–Trinajstić information content (AvgIpc) is 2.98. The smallest absolute Gasteiger partial charge is 0.162 e. The number of carbonyl (C=O) groups is 1. The minimum absolute atomic E-state index is 0. The van der Waals surface area contributed by atoms with Crippen molar-refractivity contribution in [3.8, 4) is 11.3 Å². The predicted octanol–water partition coefficient (Wildman–Crippen LogP) is 11.1. The Bertz CT molecular complexity index is 1510. The van der Waals surface area contributed by atoms with E-state index in [0.29, 0.717) is 17.2 Å². The van der Waals surface area contributed by atoms with E-state index in [9.17, 15) is 14.3 Å². The molecule has 0 amide bonds. The molecule has 4 rings (SSSR count). The maximum absolute atomic E-state index is 14.8. The van der Waals surface area contributed by atoms with Crippen molar-refractivity contribution in [1.82, 2.24) is 4.98 Å². The molecule has 0 spiro atoms. The van der Waals surface area contributed by atoms with Crippen LogP contribution in [0, 0.1) is 23.7 Å². The minimum Gasteiger partial charge on any atom is -0.512 e. The number of aromatic nitrogens is 1. The summed E-state index contributed by atoms with van der Waals surface area (Å²) in [5.41, 5.74) is 4.15. The number of allylic oxidation sites excluding steroid dienone is 2. The third-order valence-corrected chi connectivity index (χ3v) is 8.27. The van der Waals surface area contributed by atoms with E-state index >= 15 is 0 Å². The van der Waals surface area contributed by atoms with Gasteiger partial charge >= 0.3 is 0 Å². The Morgan fingerprint density at radius 2 is 1.51 bits per heavy atom. The van der Waals surface area contributed by atoms with Crippen molar-refractivity contribution < 1.29 is 34.4 Å². The molecular formula is C38H47FIrNO2-. The Morgan fingerprint density at radius 1 is 0.884 bits per heavy atom. The molecule has 3 aromatic carbocycles. The first kappa shape index (κ1) is 36.3. The fourth-order valence-corrected chi connectivity index (χ4v) is 5.36. The molecule has 4 aromatic rings. The molecule has 3 nitrogen and oxygen atoms in total. The molecule has 1 radical (unpaired) electrons. The minimum atomic E-state index is -0.283. The number of ketones is 1. The van der Waals surface area contributed by atoms with Gasteiger partial charge in [0.05, 0.1) is 12.0 Å². The fraction of sp³-hybridized carbons (Fsp3) is 0.421. The van der Waals surface area contributed by atoms with Crippen LogP contribution in [-0.4, -0.2) is 15.9 Å². The molecule has 0 fully saturated rings. The molecule has 43 heavy (non-hydrogen) atoms. The van der Waals surface area contributed by atoms with Crippen LogP contribution in [0.1, 0.15) is 104 Å². The van der Waals surface area contributed by atoms with Crippen LogP contribution in [0.4, 0.5) is 4.39 Å². The predicted molar refractivity (Wildman–Crippen MR) is 176 cm³/mol. The van der Waals surface area contributed by atoms with E-state index in [2.05, 4.69) is 50.9 Å². The van der Waals surface area contributed by atoms with Gasteiger partial charge in [0.25, 0.3) is 0 Å². The number of carbonyl (C=O) groups excluding carboxylic acids is 1. The van der Waals surface area contributed by atoms with Gasteiger partial charge in [0.2, 0.25) is 0 Å². The standard InChI is InChI=1S/C25H23FN.C13H24O2.Ir/c1-15(2)18-11-19(16(3)4)13-20(12-18)25-22-10-9-17-7-5-6-8-21(17)24(22)23(26)14-27-25;1-5-10(6-2)12(14)9-13(15)11(7-3)8-4;/h5-12,14-16H,1-4H3;9-11,14H,5-8H2,1-4H3;/q-1;;/b;12-9-;. The van der Waals surface area contributed by atoms with Crippen LogP contribution >= 0.6 is 0 Å². The van der Waals surface area contributed by atoms with Crippen molar-refractivity contribution in [3.63, 3.8) is 0 Å². The Balaban J connectivity index is 0.000000348. The SMILES string of the molecule is CC(C)c1[c-]c(-c2ncc(F)c3c2ccc2ccccc23)cc(C(C)C)c1.CCC(CC)C(=O)/C=C(\O)C(CC)CC.[Ir]. The summed E-state index contributed by atoms with van der Waals surface area (Å²) in [6, 6.07) is 19.8. The van der Waals surface area contributed by atoms with Gasteiger partial charge in [-0.25, -0.2) is 4.39 Å². The van der Waals surface area contributed by atoms with Crippen molar-refractivity contribution in [3.05, 3.63) is 89.6 Å². The molecule has 0 aliphatic rings. The number of benzene rings is 3. The van der Waals surface area contributed by atoms with E-state index < -0.39 is 0 Å². The molecule has 0 aliphatic carbocycles. The molecule has 0 aliphatic heterocycles. The number of pyridine rings is 1. The van der Waals surface area contributed by atoms with Crippen LogP contribution in [0.15, 0.2) is 66.6 Å². The average molecular weight is 761 g/mol. The normalized spacial score (nSPS) is 11.8. The molecule has 0 bridgehead atoms. The zero-order valence-electron chi connectivity index (χ0n) is 26.9. The van der Waals surface area contributed by atoms with E-state index in [0.717, 1.165) is 58.7 Å². The molecule has 0 atom stereocenters. The first-order valence-corrected chi connectivity index (χ1v) is 15.5. The monoisotopic (exact) mass is 761 g/mol. The maximum atomic E-state index is 14.8. The van der Waals surface area contributed by atoms with Gasteiger partial charge in [0.15, 0.2) is 5.78 Å². The summed E-state index contributed by atoms with van der Waals surface area (Å²) in [6.07, 6.45) is 6.25. The molecule has 1 aromatic heterocycles. The van der Waals surface area contributed by atoms with Gasteiger partial charge < -0.3 is 10.1 Å². The Labute approximate surface area is 271 Å². The Hall–Kier alpha value is -2.88.